The average molecular weight is 507 g/mol. The molecule has 0 aromatic heterocycles. The molecule has 0 bridgehead atoms. The number of halogens is 4. The zero-order chi connectivity index (χ0) is 25.7. The van der Waals surface area contributed by atoms with Gasteiger partial charge >= 0.3 is 0 Å². The van der Waals surface area contributed by atoms with Crippen LogP contribution in [0.15, 0.2) is 24.3 Å². The van der Waals surface area contributed by atoms with Crippen LogP contribution >= 0.6 is 0 Å². The first-order valence-electron chi connectivity index (χ1n) is 13.6. The first-order valence-corrected chi connectivity index (χ1v) is 13.6. The number of ether oxygens (including phenoxy) is 2. The predicted octanol–water partition coefficient (Wildman–Crippen LogP) is 8.64. The van der Waals surface area contributed by atoms with E-state index in [1.54, 1.807) is 6.92 Å². The van der Waals surface area contributed by atoms with Gasteiger partial charge in [-0.15, -0.1) is 0 Å². The van der Waals surface area contributed by atoms with Gasteiger partial charge in [0, 0.05) is 17.7 Å². The molecule has 1 aliphatic heterocycles. The monoisotopic (exact) mass is 506 g/mol. The van der Waals surface area contributed by atoms with Gasteiger partial charge in [0.1, 0.15) is 0 Å². The zero-order valence-electron chi connectivity index (χ0n) is 21.4. The van der Waals surface area contributed by atoms with Crippen LogP contribution < -0.4 is 4.74 Å². The maximum absolute atomic E-state index is 14.9. The summed E-state index contributed by atoms with van der Waals surface area (Å²) >= 11 is 0. The molecule has 2 nitrogen and oxygen atoms in total. The van der Waals surface area contributed by atoms with Gasteiger partial charge in [-0.2, -0.15) is 4.39 Å². The van der Waals surface area contributed by atoms with Crippen LogP contribution in [0.4, 0.5) is 17.6 Å². The largest absolute Gasteiger partial charge is 0.491 e. The smallest absolute Gasteiger partial charge is 0.201 e. The minimum atomic E-state index is -1.24. The Morgan fingerprint density at radius 1 is 0.750 bits per heavy atom. The highest BCUT2D eigenvalue weighted by Gasteiger charge is 2.31. The van der Waals surface area contributed by atoms with Gasteiger partial charge in [0.2, 0.25) is 5.82 Å². The van der Waals surface area contributed by atoms with Crippen molar-refractivity contribution in [2.24, 2.45) is 17.8 Å². The molecule has 0 amide bonds. The van der Waals surface area contributed by atoms with Gasteiger partial charge in [0.15, 0.2) is 23.2 Å². The van der Waals surface area contributed by atoms with E-state index in [4.69, 9.17) is 9.47 Å². The third-order valence-electron chi connectivity index (χ3n) is 8.14. The van der Waals surface area contributed by atoms with Crippen LogP contribution in [-0.4, -0.2) is 19.3 Å². The predicted molar refractivity (Wildman–Crippen MR) is 134 cm³/mol. The van der Waals surface area contributed by atoms with Crippen molar-refractivity contribution < 1.29 is 27.0 Å². The molecule has 6 heteroatoms. The summed E-state index contributed by atoms with van der Waals surface area (Å²) in [7, 11) is 0. The Hall–Kier alpha value is -2.08. The maximum Gasteiger partial charge on any atom is 0.201 e. The zero-order valence-corrected chi connectivity index (χ0v) is 21.4. The van der Waals surface area contributed by atoms with E-state index in [0.717, 1.165) is 45.1 Å². The van der Waals surface area contributed by atoms with Crippen molar-refractivity contribution in [2.75, 3.05) is 13.2 Å². The van der Waals surface area contributed by atoms with Gasteiger partial charge in [0.25, 0.3) is 0 Å². The lowest BCUT2D eigenvalue weighted by Crippen LogP contribution is -2.34. The van der Waals surface area contributed by atoms with E-state index in [-0.39, 0.29) is 29.0 Å². The van der Waals surface area contributed by atoms with Gasteiger partial charge in [-0.05, 0) is 87.3 Å². The summed E-state index contributed by atoms with van der Waals surface area (Å²) in [5.41, 5.74) is -0.323. The lowest BCUT2D eigenvalue weighted by molar-refractivity contribution is -0.0596. The van der Waals surface area contributed by atoms with Gasteiger partial charge in [-0.1, -0.05) is 38.3 Å². The van der Waals surface area contributed by atoms with E-state index in [9.17, 15) is 17.6 Å². The molecule has 1 saturated heterocycles. The van der Waals surface area contributed by atoms with Gasteiger partial charge < -0.3 is 9.47 Å². The Morgan fingerprint density at radius 3 is 2.06 bits per heavy atom. The first kappa shape index (κ1) is 27.0. The lowest BCUT2D eigenvalue weighted by Gasteiger charge is -2.38. The lowest BCUT2D eigenvalue weighted by atomic mass is 9.75. The normalized spacial score (nSPS) is 24.6. The minimum absolute atomic E-state index is 0.170. The summed E-state index contributed by atoms with van der Waals surface area (Å²) in [6, 6.07) is 5.30. The second-order valence-electron chi connectivity index (χ2n) is 10.5. The van der Waals surface area contributed by atoms with Crippen molar-refractivity contribution in [3.8, 4) is 16.9 Å². The van der Waals surface area contributed by atoms with Crippen LogP contribution in [0, 0.1) is 41.0 Å². The highest BCUT2D eigenvalue weighted by Crippen LogP contribution is 2.39. The van der Waals surface area contributed by atoms with E-state index in [0.29, 0.717) is 30.3 Å². The number of benzene rings is 2. The molecular formula is C30H38F4O2. The topological polar surface area (TPSA) is 18.5 Å². The molecule has 2 atom stereocenters. The number of hydrogen-bond acceptors (Lipinski definition) is 2. The average Bonchev–Trinajstić information content (AvgIpc) is 2.89. The second-order valence-corrected chi connectivity index (χ2v) is 10.5. The molecule has 36 heavy (non-hydrogen) atoms. The molecule has 198 valence electrons. The highest BCUT2D eigenvalue weighted by molar-refractivity contribution is 5.66. The standard InChI is InChI=1S/C30H38F4O2/c1-3-5-20-9-16-25(36-18-20)21-10-6-19(7-11-21)8-12-22-13-14-23(28(32)27(22)31)24-15-17-26(35-4-2)30(34)29(24)33/h13-15,17,19-21,25H,3-12,16,18H2,1-2H3. The Bertz CT molecular complexity index is 1010. The van der Waals surface area contributed by atoms with E-state index >= 15 is 0 Å². The van der Waals surface area contributed by atoms with Crippen LogP contribution in [0.5, 0.6) is 5.75 Å². The van der Waals surface area contributed by atoms with E-state index < -0.39 is 23.3 Å². The van der Waals surface area contributed by atoms with Crippen LogP contribution in [-0.2, 0) is 11.2 Å². The summed E-state index contributed by atoms with van der Waals surface area (Å²) in [5, 5.41) is 0. The molecule has 0 radical (unpaired) electrons. The molecule has 2 unspecified atom stereocenters. The van der Waals surface area contributed by atoms with E-state index in [2.05, 4.69) is 6.92 Å². The molecule has 1 aliphatic carbocycles. The van der Waals surface area contributed by atoms with Gasteiger partial charge in [-0.25, -0.2) is 13.2 Å². The van der Waals surface area contributed by atoms with Crippen LogP contribution in [0.1, 0.15) is 77.2 Å². The number of hydrogen-bond donors (Lipinski definition) is 0. The molecule has 0 spiro atoms. The molecule has 2 aliphatic rings. The van der Waals surface area contributed by atoms with E-state index in [1.807, 2.05) is 0 Å². The summed E-state index contributed by atoms with van der Waals surface area (Å²) in [6.45, 7) is 4.94. The van der Waals surface area contributed by atoms with Gasteiger partial charge in [0.05, 0.1) is 12.7 Å². The maximum atomic E-state index is 14.9. The summed E-state index contributed by atoms with van der Waals surface area (Å²) in [5.74, 6) is -3.00. The fourth-order valence-corrected chi connectivity index (χ4v) is 6.04. The van der Waals surface area contributed by atoms with E-state index in [1.165, 1.54) is 43.5 Å². The molecule has 2 fully saturated rings. The van der Waals surface area contributed by atoms with Crippen molar-refractivity contribution in [2.45, 2.75) is 84.2 Å². The van der Waals surface area contributed by atoms with Crippen molar-refractivity contribution >= 4 is 0 Å². The van der Waals surface area contributed by atoms with Crippen LogP contribution in [0.2, 0.25) is 0 Å². The number of aryl methyl sites for hydroxylation is 1. The van der Waals surface area contributed by atoms with Gasteiger partial charge in [-0.3, -0.25) is 0 Å². The molecule has 0 N–H and O–H groups in total. The molecule has 2 aromatic rings. The highest BCUT2D eigenvalue weighted by atomic mass is 19.2. The summed E-state index contributed by atoms with van der Waals surface area (Å²) in [6.07, 6.45) is 10.9. The Labute approximate surface area is 212 Å². The Kier molecular flexibility index (Phi) is 9.32. The molecule has 1 saturated carbocycles. The van der Waals surface area contributed by atoms with Crippen molar-refractivity contribution in [1.29, 1.82) is 0 Å². The third kappa shape index (κ3) is 6.07. The fraction of sp³-hybridized carbons (Fsp3) is 0.600. The molecule has 4 rings (SSSR count). The molecule has 1 heterocycles. The van der Waals surface area contributed by atoms with Crippen LogP contribution in [0.25, 0.3) is 11.1 Å². The minimum Gasteiger partial charge on any atom is -0.491 e. The third-order valence-corrected chi connectivity index (χ3v) is 8.14. The SMILES string of the molecule is CCCC1CCC(C2CCC(CCc3ccc(-c4ccc(OCC)c(F)c4F)c(F)c3F)CC2)OC1. The fourth-order valence-electron chi connectivity index (χ4n) is 6.04. The van der Waals surface area contributed by atoms with Crippen molar-refractivity contribution in [3.63, 3.8) is 0 Å². The number of rotatable bonds is 9. The molecular weight excluding hydrogens is 468 g/mol. The summed E-state index contributed by atoms with van der Waals surface area (Å²) in [4.78, 5) is 0. The van der Waals surface area contributed by atoms with Crippen LogP contribution in [0.3, 0.4) is 0 Å². The quantitative estimate of drug-likeness (QED) is 0.317. The Balaban J connectivity index is 1.32. The molecule has 2 aromatic carbocycles. The summed E-state index contributed by atoms with van der Waals surface area (Å²) < 4.78 is 69.8. The van der Waals surface area contributed by atoms with Crippen molar-refractivity contribution in [3.05, 3.63) is 53.1 Å². The Morgan fingerprint density at radius 2 is 1.42 bits per heavy atom. The first-order chi connectivity index (χ1) is 17.4. The van der Waals surface area contributed by atoms with Crippen molar-refractivity contribution in [1.82, 2.24) is 0 Å². The second kappa shape index (κ2) is 12.4.